The summed E-state index contributed by atoms with van der Waals surface area (Å²) in [5.74, 6) is 0. The molecule has 2 amide bonds. The number of urea groups is 1. The van der Waals surface area contributed by atoms with Gasteiger partial charge in [-0.25, -0.2) is 4.79 Å². The van der Waals surface area contributed by atoms with E-state index < -0.39 is 0 Å². The van der Waals surface area contributed by atoms with Crippen LogP contribution in [0.3, 0.4) is 0 Å². The molecule has 126 valence electrons. The third-order valence-electron chi connectivity index (χ3n) is 4.30. The van der Waals surface area contributed by atoms with E-state index in [4.69, 9.17) is 16.9 Å². The molecular formula is C20H18ClN3O. The summed E-state index contributed by atoms with van der Waals surface area (Å²) in [5, 5.41) is 9.40. The molecular weight excluding hydrogens is 334 g/mol. The fourth-order valence-corrected chi connectivity index (χ4v) is 3.12. The Bertz CT molecular complexity index is 839. The highest BCUT2D eigenvalue weighted by Gasteiger charge is 2.28. The first-order chi connectivity index (χ1) is 12.1. The maximum absolute atomic E-state index is 12.5. The number of nitriles is 1. The highest BCUT2D eigenvalue weighted by molar-refractivity contribution is 6.32. The summed E-state index contributed by atoms with van der Waals surface area (Å²) in [6, 6.07) is 15.3. The number of halogens is 1. The molecule has 0 radical (unpaired) electrons. The first-order valence-corrected chi connectivity index (χ1v) is 8.49. The summed E-state index contributed by atoms with van der Waals surface area (Å²) in [5.41, 5.74) is 3.28. The van der Waals surface area contributed by atoms with Crippen LogP contribution in [0.2, 0.25) is 5.02 Å². The van der Waals surface area contributed by atoms with Crippen LogP contribution in [0.15, 0.2) is 55.1 Å². The van der Waals surface area contributed by atoms with Crippen LogP contribution < -0.4 is 4.90 Å². The number of carbonyl (C=O) groups is 1. The van der Waals surface area contributed by atoms with Crippen molar-refractivity contribution in [1.29, 1.82) is 5.26 Å². The van der Waals surface area contributed by atoms with Crippen LogP contribution in [0.25, 0.3) is 11.1 Å². The SMILES string of the molecule is C=CCCN1CCN(c2ccc(-c3ccc(C#N)c(Cl)c3)cc2)C1=O. The molecule has 25 heavy (non-hydrogen) atoms. The molecule has 3 rings (SSSR count). The van der Waals surface area contributed by atoms with E-state index in [0.29, 0.717) is 23.7 Å². The van der Waals surface area contributed by atoms with Crippen LogP contribution >= 0.6 is 11.6 Å². The van der Waals surface area contributed by atoms with Gasteiger partial charge in [0.15, 0.2) is 0 Å². The topological polar surface area (TPSA) is 47.3 Å². The van der Waals surface area contributed by atoms with Crippen LogP contribution in [-0.2, 0) is 0 Å². The monoisotopic (exact) mass is 351 g/mol. The molecule has 0 spiro atoms. The molecule has 1 aliphatic rings. The molecule has 0 N–H and O–H groups in total. The van der Waals surface area contributed by atoms with Gasteiger partial charge < -0.3 is 4.90 Å². The molecule has 1 aliphatic heterocycles. The summed E-state index contributed by atoms with van der Waals surface area (Å²) < 4.78 is 0. The van der Waals surface area contributed by atoms with Crippen molar-refractivity contribution in [2.75, 3.05) is 24.5 Å². The van der Waals surface area contributed by atoms with Crippen LogP contribution in [0.1, 0.15) is 12.0 Å². The summed E-state index contributed by atoms with van der Waals surface area (Å²) in [7, 11) is 0. The van der Waals surface area contributed by atoms with E-state index in [1.54, 1.807) is 17.0 Å². The van der Waals surface area contributed by atoms with E-state index in [1.165, 1.54) is 0 Å². The normalized spacial score (nSPS) is 13.8. The summed E-state index contributed by atoms with van der Waals surface area (Å²) in [6.45, 7) is 5.84. The Morgan fingerprint density at radius 1 is 1.16 bits per heavy atom. The summed E-state index contributed by atoms with van der Waals surface area (Å²) in [6.07, 6.45) is 2.63. The Balaban J connectivity index is 1.77. The third kappa shape index (κ3) is 3.52. The average Bonchev–Trinajstić information content (AvgIpc) is 3.00. The Morgan fingerprint density at radius 3 is 2.52 bits per heavy atom. The van der Waals surface area contributed by atoms with Crippen molar-refractivity contribution < 1.29 is 4.79 Å². The molecule has 0 bridgehead atoms. The van der Waals surface area contributed by atoms with Gasteiger partial charge in [-0.15, -0.1) is 6.58 Å². The smallest absolute Gasteiger partial charge is 0.322 e. The number of anilines is 1. The van der Waals surface area contributed by atoms with Crippen molar-refractivity contribution in [1.82, 2.24) is 4.90 Å². The Hall–Kier alpha value is -2.77. The minimum absolute atomic E-state index is 0.0380. The predicted molar refractivity (Wildman–Crippen MR) is 101 cm³/mol. The van der Waals surface area contributed by atoms with Crippen LogP contribution in [-0.4, -0.2) is 30.6 Å². The molecule has 1 saturated heterocycles. The predicted octanol–water partition coefficient (Wildman–Crippen LogP) is 4.70. The molecule has 5 heteroatoms. The van der Waals surface area contributed by atoms with Crippen LogP contribution in [0, 0.1) is 11.3 Å². The van der Waals surface area contributed by atoms with Crippen molar-refractivity contribution in [2.24, 2.45) is 0 Å². The van der Waals surface area contributed by atoms with E-state index >= 15 is 0 Å². The number of benzene rings is 2. The number of hydrogen-bond donors (Lipinski definition) is 0. The average molecular weight is 352 g/mol. The van der Waals surface area contributed by atoms with Crippen molar-refractivity contribution in [2.45, 2.75) is 6.42 Å². The van der Waals surface area contributed by atoms with E-state index in [1.807, 2.05) is 41.3 Å². The molecule has 0 saturated carbocycles. The van der Waals surface area contributed by atoms with Gasteiger partial charge in [0.05, 0.1) is 10.6 Å². The van der Waals surface area contributed by atoms with Gasteiger partial charge in [-0.2, -0.15) is 5.26 Å². The van der Waals surface area contributed by atoms with Crippen molar-refractivity contribution in [3.05, 3.63) is 65.7 Å². The number of rotatable bonds is 5. The zero-order chi connectivity index (χ0) is 17.8. The largest absolute Gasteiger partial charge is 0.324 e. The minimum atomic E-state index is 0.0380. The third-order valence-corrected chi connectivity index (χ3v) is 4.61. The number of amides is 2. The van der Waals surface area contributed by atoms with Crippen molar-refractivity contribution in [3.63, 3.8) is 0 Å². The van der Waals surface area contributed by atoms with Gasteiger partial charge in [-0.3, -0.25) is 4.90 Å². The van der Waals surface area contributed by atoms with Gasteiger partial charge >= 0.3 is 6.03 Å². The lowest BCUT2D eigenvalue weighted by molar-refractivity contribution is 0.221. The van der Waals surface area contributed by atoms with Crippen molar-refractivity contribution >= 4 is 23.3 Å². The van der Waals surface area contributed by atoms with Gasteiger partial charge in [0.25, 0.3) is 0 Å². The Morgan fingerprint density at radius 2 is 1.88 bits per heavy atom. The first-order valence-electron chi connectivity index (χ1n) is 8.11. The molecule has 0 aromatic heterocycles. The van der Waals surface area contributed by atoms with Crippen LogP contribution in [0.4, 0.5) is 10.5 Å². The van der Waals surface area contributed by atoms with Crippen LogP contribution in [0.5, 0.6) is 0 Å². The molecule has 2 aromatic carbocycles. The zero-order valence-electron chi connectivity index (χ0n) is 13.8. The fourth-order valence-electron chi connectivity index (χ4n) is 2.90. The minimum Gasteiger partial charge on any atom is -0.322 e. The maximum atomic E-state index is 12.5. The molecule has 0 unspecified atom stereocenters. The number of hydrogen-bond acceptors (Lipinski definition) is 2. The number of nitrogens with zero attached hydrogens (tertiary/aromatic N) is 3. The van der Waals surface area contributed by atoms with E-state index in [9.17, 15) is 4.79 Å². The standard InChI is InChI=1S/C20H18ClN3O/c1-2-3-10-23-11-12-24(20(23)25)18-8-6-15(7-9-18)16-4-5-17(14-22)19(21)13-16/h2,4-9,13H,1,3,10-12H2. The lowest BCUT2D eigenvalue weighted by Gasteiger charge is -2.18. The second-order valence-electron chi connectivity index (χ2n) is 5.85. The van der Waals surface area contributed by atoms with E-state index in [-0.39, 0.29) is 6.03 Å². The first kappa shape index (κ1) is 17.1. The molecule has 1 fully saturated rings. The summed E-state index contributed by atoms with van der Waals surface area (Å²) >= 11 is 6.10. The van der Waals surface area contributed by atoms with Gasteiger partial charge in [-0.1, -0.05) is 35.9 Å². The molecule has 2 aromatic rings. The second-order valence-corrected chi connectivity index (χ2v) is 6.26. The lowest BCUT2D eigenvalue weighted by atomic mass is 10.0. The lowest BCUT2D eigenvalue weighted by Crippen LogP contribution is -2.32. The van der Waals surface area contributed by atoms with E-state index in [0.717, 1.165) is 29.8 Å². The molecule has 1 heterocycles. The molecule has 0 atom stereocenters. The quantitative estimate of drug-likeness (QED) is 0.733. The van der Waals surface area contributed by atoms with E-state index in [2.05, 4.69) is 12.6 Å². The van der Waals surface area contributed by atoms with Gasteiger partial charge in [0.1, 0.15) is 6.07 Å². The highest BCUT2D eigenvalue weighted by atomic mass is 35.5. The van der Waals surface area contributed by atoms with Gasteiger partial charge in [0.2, 0.25) is 0 Å². The zero-order valence-corrected chi connectivity index (χ0v) is 14.5. The second kappa shape index (κ2) is 7.42. The maximum Gasteiger partial charge on any atom is 0.324 e. The Labute approximate surface area is 152 Å². The van der Waals surface area contributed by atoms with Gasteiger partial charge in [0, 0.05) is 25.3 Å². The number of carbonyl (C=O) groups excluding carboxylic acids is 1. The molecule has 0 aliphatic carbocycles. The highest BCUT2D eigenvalue weighted by Crippen LogP contribution is 2.28. The van der Waals surface area contributed by atoms with Gasteiger partial charge in [-0.05, 0) is 41.8 Å². The Kier molecular flexibility index (Phi) is 5.06. The summed E-state index contributed by atoms with van der Waals surface area (Å²) in [4.78, 5) is 16.1. The fraction of sp³-hybridized carbons (Fsp3) is 0.200. The van der Waals surface area contributed by atoms with Crippen molar-refractivity contribution in [3.8, 4) is 17.2 Å². The molecule has 4 nitrogen and oxygen atoms in total.